The average molecular weight is 284 g/mol. The monoisotopic (exact) mass is 284 g/mol. The van der Waals surface area contributed by atoms with Crippen LogP contribution in [0.1, 0.15) is 13.3 Å². The molecular weight excluding hydrogens is 264 g/mol. The first-order valence-electron chi connectivity index (χ1n) is 6.41. The van der Waals surface area contributed by atoms with Gasteiger partial charge in [0.25, 0.3) is 0 Å². The maximum atomic E-state index is 12.5. The highest BCUT2D eigenvalue weighted by atomic mass is 32.2. The third-order valence-corrected chi connectivity index (χ3v) is 5.48. The predicted molar refractivity (Wildman–Crippen MR) is 74.5 cm³/mol. The van der Waals surface area contributed by atoms with Crippen LogP contribution in [-0.2, 0) is 10.0 Å². The van der Waals surface area contributed by atoms with Crippen molar-refractivity contribution < 1.29 is 13.5 Å². The summed E-state index contributed by atoms with van der Waals surface area (Å²) in [5.74, 6) is -0.0277. The van der Waals surface area contributed by atoms with Crippen LogP contribution in [0.5, 0.6) is 0 Å². The molecule has 1 aromatic rings. The molecule has 0 aliphatic carbocycles. The van der Waals surface area contributed by atoms with E-state index in [1.807, 2.05) is 6.92 Å². The molecule has 5 nitrogen and oxygen atoms in total. The van der Waals surface area contributed by atoms with Crippen molar-refractivity contribution in [3.05, 3.63) is 24.3 Å². The molecule has 0 aromatic heterocycles. The Morgan fingerprint density at radius 3 is 2.47 bits per heavy atom. The van der Waals surface area contributed by atoms with Crippen LogP contribution < -0.4 is 5.32 Å². The zero-order valence-electron chi connectivity index (χ0n) is 11.2. The molecule has 0 spiro atoms. The van der Waals surface area contributed by atoms with Crippen LogP contribution in [0.25, 0.3) is 0 Å². The van der Waals surface area contributed by atoms with E-state index in [1.54, 1.807) is 31.3 Å². The number of hydrogen-bond donors (Lipinski definition) is 2. The van der Waals surface area contributed by atoms with Crippen LogP contribution in [0.4, 0.5) is 5.69 Å². The van der Waals surface area contributed by atoms with Crippen LogP contribution in [0.2, 0.25) is 0 Å². The molecule has 0 bridgehead atoms. The minimum Gasteiger partial charge on any atom is -0.393 e. The molecule has 2 N–H and O–H groups in total. The van der Waals surface area contributed by atoms with Gasteiger partial charge in [-0.15, -0.1) is 0 Å². The summed E-state index contributed by atoms with van der Waals surface area (Å²) in [6, 6.07) is 6.71. The third kappa shape index (κ3) is 2.91. The number of nitrogens with one attached hydrogen (secondary N) is 1. The van der Waals surface area contributed by atoms with Crippen molar-refractivity contribution in [2.24, 2.45) is 5.92 Å². The van der Waals surface area contributed by atoms with Gasteiger partial charge >= 0.3 is 0 Å². The second-order valence-corrected chi connectivity index (χ2v) is 6.91. The summed E-state index contributed by atoms with van der Waals surface area (Å²) in [5, 5.41) is 12.6. The van der Waals surface area contributed by atoms with Gasteiger partial charge in [0.05, 0.1) is 11.0 Å². The Bertz CT molecular complexity index is 527. The number of aliphatic hydroxyl groups excluding tert-OH is 1. The molecule has 1 fully saturated rings. The van der Waals surface area contributed by atoms with Crippen molar-refractivity contribution in [2.45, 2.75) is 24.3 Å². The number of rotatable bonds is 3. The zero-order chi connectivity index (χ0) is 14.0. The molecule has 0 saturated carbocycles. The van der Waals surface area contributed by atoms with Gasteiger partial charge in [-0.3, -0.25) is 0 Å². The highest BCUT2D eigenvalue weighted by Crippen LogP contribution is 2.24. The standard InChI is InChI=1S/C13H20N2O3S/c1-10-9-15(8-7-13(10)16)19(17,18)12-5-3-11(14-2)4-6-12/h3-6,10,13-14,16H,7-9H2,1-2H3. The predicted octanol–water partition coefficient (Wildman–Crippen LogP) is 1.12. The number of sulfonamides is 1. The van der Waals surface area contributed by atoms with E-state index in [-0.39, 0.29) is 5.92 Å². The fourth-order valence-corrected chi connectivity index (χ4v) is 3.81. The van der Waals surface area contributed by atoms with E-state index in [2.05, 4.69) is 5.32 Å². The van der Waals surface area contributed by atoms with Gasteiger partial charge in [-0.1, -0.05) is 6.92 Å². The van der Waals surface area contributed by atoms with Gasteiger partial charge in [-0.25, -0.2) is 8.42 Å². The second kappa shape index (κ2) is 5.48. The van der Waals surface area contributed by atoms with Gasteiger partial charge in [0.1, 0.15) is 0 Å². The largest absolute Gasteiger partial charge is 0.393 e. The number of nitrogens with zero attached hydrogens (tertiary/aromatic N) is 1. The topological polar surface area (TPSA) is 69.6 Å². The fraction of sp³-hybridized carbons (Fsp3) is 0.538. The van der Waals surface area contributed by atoms with Crippen molar-refractivity contribution in [3.63, 3.8) is 0 Å². The molecule has 0 radical (unpaired) electrons. The lowest BCUT2D eigenvalue weighted by molar-refractivity contribution is 0.0628. The van der Waals surface area contributed by atoms with Crippen molar-refractivity contribution in [3.8, 4) is 0 Å². The molecule has 1 aromatic carbocycles. The number of hydrogen-bond acceptors (Lipinski definition) is 4. The molecule has 1 heterocycles. The van der Waals surface area contributed by atoms with Gasteiger partial charge in [0.2, 0.25) is 10.0 Å². The van der Waals surface area contributed by atoms with Gasteiger partial charge in [-0.2, -0.15) is 4.31 Å². The van der Waals surface area contributed by atoms with Crippen molar-refractivity contribution in [1.29, 1.82) is 0 Å². The maximum absolute atomic E-state index is 12.5. The van der Waals surface area contributed by atoms with Crippen LogP contribution >= 0.6 is 0 Å². The van der Waals surface area contributed by atoms with E-state index in [0.717, 1.165) is 5.69 Å². The summed E-state index contributed by atoms with van der Waals surface area (Å²) >= 11 is 0. The number of anilines is 1. The normalized spacial score (nSPS) is 25.2. The first-order valence-corrected chi connectivity index (χ1v) is 7.85. The summed E-state index contributed by atoms with van der Waals surface area (Å²) in [5.41, 5.74) is 0.876. The van der Waals surface area contributed by atoms with Crippen molar-refractivity contribution in [2.75, 3.05) is 25.5 Å². The van der Waals surface area contributed by atoms with Gasteiger partial charge in [-0.05, 0) is 36.6 Å². The highest BCUT2D eigenvalue weighted by molar-refractivity contribution is 7.89. The van der Waals surface area contributed by atoms with E-state index in [1.165, 1.54) is 4.31 Å². The minimum absolute atomic E-state index is 0.0277. The molecule has 1 aliphatic heterocycles. The van der Waals surface area contributed by atoms with Gasteiger partial charge in [0, 0.05) is 25.8 Å². The lowest BCUT2D eigenvalue weighted by atomic mass is 9.99. The minimum atomic E-state index is -3.45. The summed E-state index contributed by atoms with van der Waals surface area (Å²) in [7, 11) is -1.66. The smallest absolute Gasteiger partial charge is 0.243 e. The Morgan fingerprint density at radius 2 is 1.95 bits per heavy atom. The first kappa shape index (κ1) is 14.3. The summed E-state index contributed by atoms with van der Waals surface area (Å²) in [6.45, 7) is 2.62. The summed E-state index contributed by atoms with van der Waals surface area (Å²) in [4.78, 5) is 0.301. The third-order valence-electron chi connectivity index (χ3n) is 3.60. The van der Waals surface area contributed by atoms with Crippen molar-refractivity contribution >= 4 is 15.7 Å². The second-order valence-electron chi connectivity index (χ2n) is 4.97. The molecular formula is C13H20N2O3S. The van der Waals surface area contributed by atoms with E-state index >= 15 is 0 Å². The average Bonchev–Trinajstić information content (AvgIpc) is 2.41. The molecule has 1 aliphatic rings. The molecule has 2 atom stereocenters. The Balaban J connectivity index is 2.21. The fourth-order valence-electron chi connectivity index (χ4n) is 2.26. The SMILES string of the molecule is CNc1ccc(S(=O)(=O)N2CCC(O)C(C)C2)cc1. The van der Waals surface area contributed by atoms with E-state index in [0.29, 0.717) is 24.4 Å². The Labute approximate surface area is 114 Å². The Kier molecular flexibility index (Phi) is 4.13. The van der Waals surface area contributed by atoms with Crippen LogP contribution in [0.3, 0.4) is 0 Å². The van der Waals surface area contributed by atoms with E-state index < -0.39 is 16.1 Å². The zero-order valence-corrected chi connectivity index (χ0v) is 12.0. The lowest BCUT2D eigenvalue weighted by Gasteiger charge is -2.33. The first-order chi connectivity index (χ1) is 8.95. The molecule has 2 rings (SSSR count). The highest BCUT2D eigenvalue weighted by Gasteiger charge is 2.32. The maximum Gasteiger partial charge on any atom is 0.243 e. The molecule has 6 heteroatoms. The number of benzene rings is 1. The number of piperidine rings is 1. The summed E-state index contributed by atoms with van der Waals surface area (Å²) < 4.78 is 26.4. The van der Waals surface area contributed by atoms with Crippen LogP contribution in [-0.4, -0.2) is 44.1 Å². The molecule has 0 amide bonds. The van der Waals surface area contributed by atoms with Gasteiger partial charge < -0.3 is 10.4 Å². The van der Waals surface area contributed by atoms with E-state index in [4.69, 9.17) is 0 Å². The van der Waals surface area contributed by atoms with Gasteiger partial charge in [0.15, 0.2) is 0 Å². The van der Waals surface area contributed by atoms with Crippen LogP contribution in [0.15, 0.2) is 29.2 Å². The molecule has 106 valence electrons. The Hall–Kier alpha value is -1.11. The summed E-state index contributed by atoms with van der Waals surface area (Å²) in [6.07, 6.45) is 0.0905. The van der Waals surface area contributed by atoms with Crippen LogP contribution in [0, 0.1) is 5.92 Å². The molecule has 1 saturated heterocycles. The molecule has 2 unspecified atom stereocenters. The Morgan fingerprint density at radius 1 is 1.32 bits per heavy atom. The van der Waals surface area contributed by atoms with Crippen molar-refractivity contribution in [1.82, 2.24) is 4.31 Å². The molecule has 19 heavy (non-hydrogen) atoms. The number of aliphatic hydroxyl groups is 1. The van der Waals surface area contributed by atoms with E-state index in [9.17, 15) is 13.5 Å². The quantitative estimate of drug-likeness (QED) is 0.872. The lowest BCUT2D eigenvalue weighted by Crippen LogP contribution is -2.44.